The van der Waals surface area contributed by atoms with E-state index in [0.717, 1.165) is 62.2 Å². The molecule has 0 spiro atoms. The van der Waals surface area contributed by atoms with Crippen LogP contribution >= 0.6 is 0 Å². The fourth-order valence-electron chi connectivity index (χ4n) is 7.24. The lowest BCUT2D eigenvalue weighted by atomic mass is 9.51. The number of likely N-dealkylation sites (tertiary alicyclic amines) is 1. The molecule has 1 saturated heterocycles. The van der Waals surface area contributed by atoms with Gasteiger partial charge in [0, 0.05) is 35.5 Å². The summed E-state index contributed by atoms with van der Waals surface area (Å²) in [5.41, 5.74) is 0.321. The van der Waals surface area contributed by atoms with Gasteiger partial charge in [0.2, 0.25) is 0 Å². The fourth-order valence-corrected chi connectivity index (χ4v) is 7.24. The van der Waals surface area contributed by atoms with E-state index < -0.39 is 11.0 Å². The van der Waals surface area contributed by atoms with Crippen LogP contribution in [-0.4, -0.2) is 45.0 Å². The first-order chi connectivity index (χ1) is 12.8. The highest BCUT2D eigenvalue weighted by Crippen LogP contribution is 2.64. The average molecular weight is 372 g/mol. The summed E-state index contributed by atoms with van der Waals surface area (Å²) in [6.45, 7) is 6.46. The summed E-state index contributed by atoms with van der Waals surface area (Å²) in [5, 5.41) is 33.5. The molecular weight excluding hydrogens is 338 g/mol. The third-order valence-electron chi connectivity index (χ3n) is 8.82. The van der Waals surface area contributed by atoms with E-state index in [9.17, 15) is 15.3 Å². The van der Waals surface area contributed by atoms with Gasteiger partial charge in [-0.25, -0.2) is 0 Å². The van der Waals surface area contributed by atoms with Crippen LogP contribution in [0.5, 0.6) is 11.5 Å². The first kappa shape index (κ1) is 17.8. The Kier molecular flexibility index (Phi) is 3.72. The van der Waals surface area contributed by atoms with Gasteiger partial charge in [-0.1, -0.05) is 39.2 Å². The number of aromatic hydroxyl groups is 2. The molecule has 0 amide bonds. The summed E-state index contributed by atoms with van der Waals surface area (Å²) in [4.78, 5) is 2.58. The number of hydrogen-bond acceptors (Lipinski definition) is 4. The first-order valence-electron chi connectivity index (χ1n) is 10.8. The second kappa shape index (κ2) is 5.64. The van der Waals surface area contributed by atoms with Crippen molar-refractivity contribution in [1.29, 1.82) is 0 Å². The molecule has 5 rings (SSSR count). The second-order valence-electron chi connectivity index (χ2n) is 10.3. The number of hydrogen-bond donors (Lipinski definition) is 3. The minimum absolute atomic E-state index is 0.0106. The summed E-state index contributed by atoms with van der Waals surface area (Å²) in [5.74, 6) is 0.705. The third-order valence-corrected chi connectivity index (χ3v) is 8.82. The van der Waals surface area contributed by atoms with E-state index in [4.69, 9.17) is 0 Å². The number of phenols is 2. The molecule has 4 unspecified atom stereocenters. The van der Waals surface area contributed by atoms with Crippen molar-refractivity contribution in [2.75, 3.05) is 13.1 Å². The number of aliphatic hydroxyl groups is 1. The van der Waals surface area contributed by atoms with Gasteiger partial charge in [0.15, 0.2) is 11.5 Å². The van der Waals surface area contributed by atoms with Crippen molar-refractivity contribution in [2.45, 2.75) is 82.3 Å². The van der Waals surface area contributed by atoms with Crippen LogP contribution in [0, 0.1) is 11.3 Å². The van der Waals surface area contributed by atoms with Crippen LogP contribution in [0.1, 0.15) is 69.9 Å². The third kappa shape index (κ3) is 2.12. The number of benzene rings is 1. The largest absolute Gasteiger partial charge is 0.504 e. The van der Waals surface area contributed by atoms with Crippen LogP contribution in [0.2, 0.25) is 0 Å². The van der Waals surface area contributed by atoms with E-state index in [1.165, 1.54) is 19.3 Å². The second-order valence-corrected chi connectivity index (χ2v) is 10.3. The molecule has 1 aliphatic heterocycles. The Morgan fingerprint density at radius 3 is 2.52 bits per heavy atom. The smallest absolute Gasteiger partial charge is 0.161 e. The number of fused-ring (bicyclic) bond motifs is 2. The van der Waals surface area contributed by atoms with Gasteiger partial charge in [-0.3, -0.25) is 4.90 Å². The van der Waals surface area contributed by atoms with Gasteiger partial charge in [0.05, 0.1) is 5.60 Å². The maximum absolute atomic E-state index is 12.5. The molecule has 1 aromatic carbocycles. The van der Waals surface area contributed by atoms with E-state index in [-0.39, 0.29) is 23.0 Å². The summed E-state index contributed by atoms with van der Waals surface area (Å²) >= 11 is 0. The Morgan fingerprint density at radius 1 is 1.07 bits per heavy atom. The molecule has 2 saturated carbocycles. The van der Waals surface area contributed by atoms with Crippen LogP contribution in [0.4, 0.5) is 0 Å². The van der Waals surface area contributed by atoms with Crippen LogP contribution in [-0.2, 0) is 11.8 Å². The zero-order chi connectivity index (χ0) is 19.0. The highest BCUT2D eigenvalue weighted by atomic mass is 16.3. The Bertz CT molecular complexity index is 775. The lowest BCUT2D eigenvalue weighted by Crippen LogP contribution is -2.66. The monoisotopic (exact) mass is 371 g/mol. The van der Waals surface area contributed by atoms with E-state index in [0.29, 0.717) is 0 Å². The molecule has 27 heavy (non-hydrogen) atoms. The standard InChI is InChI=1S/C23H33NO3/c1-21-10-3-4-11-22(2)19-16(8-9-17(25)20(19)26)12-18(23(21,22)27)24(14-21)13-15-6-5-7-15/h8-9,15,18,25-27H,3-7,10-14H2,1-2H3. The van der Waals surface area contributed by atoms with Crippen LogP contribution in [0.15, 0.2) is 12.1 Å². The molecule has 148 valence electrons. The van der Waals surface area contributed by atoms with Crippen molar-refractivity contribution in [2.24, 2.45) is 11.3 Å². The molecule has 0 aromatic heterocycles. The summed E-state index contributed by atoms with van der Waals surface area (Å²) < 4.78 is 0. The lowest BCUT2D eigenvalue weighted by Gasteiger charge is -2.56. The van der Waals surface area contributed by atoms with E-state index in [2.05, 4.69) is 18.7 Å². The predicted molar refractivity (Wildman–Crippen MR) is 105 cm³/mol. The highest BCUT2D eigenvalue weighted by Gasteiger charge is 2.70. The summed E-state index contributed by atoms with van der Waals surface area (Å²) in [7, 11) is 0. The zero-order valence-corrected chi connectivity index (χ0v) is 16.7. The first-order valence-corrected chi connectivity index (χ1v) is 10.8. The van der Waals surface area contributed by atoms with Crippen molar-refractivity contribution in [1.82, 2.24) is 4.90 Å². The molecule has 0 bridgehead atoms. The quantitative estimate of drug-likeness (QED) is 0.694. The maximum atomic E-state index is 12.5. The topological polar surface area (TPSA) is 63.9 Å². The minimum atomic E-state index is -0.876. The van der Waals surface area contributed by atoms with E-state index in [1.807, 2.05) is 6.07 Å². The van der Waals surface area contributed by atoms with Crippen molar-refractivity contribution >= 4 is 0 Å². The molecule has 4 heteroatoms. The van der Waals surface area contributed by atoms with Gasteiger partial charge in [-0.15, -0.1) is 0 Å². The summed E-state index contributed by atoms with van der Waals surface area (Å²) in [6, 6.07) is 3.68. The molecule has 3 fully saturated rings. The molecule has 0 radical (unpaired) electrons. The van der Waals surface area contributed by atoms with Gasteiger partial charge >= 0.3 is 0 Å². The molecular formula is C23H33NO3. The van der Waals surface area contributed by atoms with Crippen LogP contribution < -0.4 is 0 Å². The van der Waals surface area contributed by atoms with Crippen molar-refractivity contribution < 1.29 is 15.3 Å². The normalized spacial score (nSPS) is 41.5. The predicted octanol–water partition coefficient (Wildman–Crippen LogP) is 3.71. The Balaban J connectivity index is 1.69. The molecule has 1 heterocycles. The van der Waals surface area contributed by atoms with Crippen molar-refractivity contribution in [3.05, 3.63) is 23.3 Å². The van der Waals surface area contributed by atoms with E-state index in [1.54, 1.807) is 6.07 Å². The zero-order valence-electron chi connectivity index (χ0n) is 16.7. The van der Waals surface area contributed by atoms with Gasteiger partial charge < -0.3 is 15.3 Å². The van der Waals surface area contributed by atoms with Crippen molar-refractivity contribution in [3.8, 4) is 11.5 Å². The van der Waals surface area contributed by atoms with E-state index >= 15 is 0 Å². The minimum Gasteiger partial charge on any atom is -0.504 e. The van der Waals surface area contributed by atoms with Gasteiger partial charge in [0.1, 0.15) is 0 Å². The lowest BCUT2D eigenvalue weighted by molar-refractivity contribution is -0.129. The van der Waals surface area contributed by atoms with Gasteiger partial charge in [0.25, 0.3) is 0 Å². The number of nitrogens with zero attached hydrogens (tertiary/aromatic N) is 1. The molecule has 4 nitrogen and oxygen atoms in total. The van der Waals surface area contributed by atoms with Gasteiger partial charge in [-0.2, -0.15) is 0 Å². The average Bonchev–Trinajstić information content (AvgIpc) is 2.74. The Hall–Kier alpha value is -1.26. The summed E-state index contributed by atoms with van der Waals surface area (Å²) in [6.07, 6.45) is 8.81. The Labute approximate surface area is 162 Å². The molecule has 4 aliphatic rings. The van der Waals surface area contributed by atoms with Gasteiger partial charge in [-0.05, 0) is 49.7 Å². The Morgan fingerprint density at radius 2 is 1.81 bits per heavy atom. The number of phenolic OH excluding ortho intramolecular Hbond substituents is 2. The fraction of sp³-hybridized carbons (Fsp3) is 0.739. The maximum Gasteiger partial charge on any atom is 0.161 e. The van der Waals surface area contributed by atoms with Crippen LogP contribution in [0.3, 0.4) is 0 Å². The number of rotatable bonds is 2. The SMILES string of the molecule is CC12CCCCC3(C)c4c(ccc(O)c4O)CC(N(CC4CCC4)C1)C23O. The van der Waals surface area contributed by atoms with Crippen molar-refractivity contribution in [3.63, 3.8) is 0 Å². The highest BCUT2D eigenvalue weighted by molar-refractivity contribution is 5.57. The molecule has 4 atom stereocenters. The molecule has 1 aromatic rings. The molecule has 3 aliphatic carbocycles. The molecule has 3 N–H and O–H groups in total. The van der Waals surface area contributed by atoms with Crippen LogP contribution in [0.25, 0.3) is 0 Å².